The fourth-order valence-corrected chi connectivity index (χ4v) is 2.11. The Morgan fingerprint density at radius 1 is 0.842 bits per heavy atom. The summed E-state index contributed by atoms with van der Waals surface area (Å²) in [4.78, 5) is -0.0278. The van der Waals surface area contributed by atoms with Crippen molar-refractivity contribution in [3.8, 4) is 0 Å². The molecule has 104 valence electrons. The van der Waals surface area contributed by atoms with E-state index in [1.165, 1.54) is 11.6 Å². The molecule has 0 radical (unpaired) electrons. The lowest BCUT2D eigenvalue weighted by molar-refractivity contribution is 0.482. The molecule has 0 amide bonds. The van der Waals surface area contributed by atoms with Crippen LogP contribution in [0, 0.1) is 13.8 Å². The first kappa shape index (κ1) is 17.3. The van der Waals surface area contributed by atoms with Crippen LogP contribution in [0.15, 0.2) is 59.5 Å². The van der Waals surface area contributed by atoms with Gasteiger partial charge in [-0.2, -0.15) is 8.42 Å². The molecule has 0 aliphatic carbocycles. The molecule has 0 fully saturated rings. The van der Waals surface area contributed by atoms with E-state index >= 15 is 0 Å². The van der Waals surface area contributed by atoms with Crippen LogP contribution in [0.5, 0.6) is 0 Å². The second-order valence-corrected chi connectivity index (χ2v) is 5.29. The highest BCUT2D eigenvalue weighted by Gasteiger charge is 2.10. The third-order valence-electron chi connectivity index (χ3n) is 2.31. The molecule has 2 rings (SSSR count). The Morgan fingerprint density at radius 3 is 1.63 bits per heavy atom. The van der Waals surface area contributed by atoms with E-state index in [1.54, 1.807) is 25.1 Å². The van der Waals surface area contributed by atoms with Gasteiger partial charge >= 0.3 is 0 Å². The summed E-state index contributed by atoms with van der Waals surface area (Å²) in [6, 6.07) is 16.5. The van der Waals surface area contributed by atoms with Crippen LogP contribution in [0.25, 0.3) is 0 Å². The maximum atomic E-state index is 10.6. The van der Waals surface area contributed by atoms with Gasteiger partial charge in [-0.15, -0.1) is 0 Å². The molecule has 0 spiro atoms. The van der Waals surface area contributed by atoms with E-state index in [4.69, 9.17) is 4.55 Å². The molecule has 0 saturated heterocycles. The van der Waals surface area contributed by atoms with Crippen LogP contribution in [-0.4, -0.2) is 18.4 Å². The third kappa shape index (κ3) is 6.15. The largest absolute Gasteiger partial charge is 0.412 e. The summed E-state index contributed by atoms with van der Waals surface area (Å²) in [5, 5.41) is 0. The summed E-state index contributed by atoms with van der Waals surface area (Å²) in [6.07, 6.45) is 0. The van der Waals surface area contributed by atoms with Gasteiger partial charge in [-0.1, -0.05) is 54.1 Å². The Balaban J connectivity index is 0.000000352. The molecule has 5 heteroatoms. The van der Waals surface area contributed by atoms with Gasteiger partial charge in [0, 0.05) is 0 Å². The molecule has 0 aliphatic heterocycles. The molecular formula is C14H18O4S. The molecular weight excluding hydrogens is 264 g/mol. The van der Waals surface area contributed by atoms with Crippen molar-refractivity contribution in [3.63, 3.8) is 0 Å². The van der Waals surface area contributed by atoms with E-state index < -0.39 is 10.1 Å². The molecule has 2 aromatic carbocycles. The first-order valence-electron chi connectivity index (χ1n) is 5.46. The SMILES string of the molecule is Cc1ccccc1.Cc1ccccc1S(=O)(=O)O.O. The fraction of sp³-hybridized carbons (Fsp3) is 0.143. The van der Waals surface area contributed by atoms with Crippen LogP contribution in [0.1, 0.15) is 11.1 Å². The Bertz CT molecular complexity index is 592. The minimum absolute atomic E-state index is 0. The van der Waals surface area contributed by atoms with Gasteiger partial charge in [-0.05, 0) is 25.5 Å². The van der Waals surface area contributed by atoms with Crippen molar-refractivity contribution in [3.05, 3.63) is 65.7 Å². The highest BCUT2D eigenvalue weighted by Crippen LogP contribution is 2.12. The van der Waals surface area contributed by atoms with Gasteiger partial charge in [-0.3, -0.25) is 4.55 Å². The highest BCUT2D eigenvalue weighted by atomic mass is 32.2. The molecule has 0 saturated carbocycles. The van der Waals surface area contributed by atoms with Gasteiger partial charge < -0.3 is 5.48 Å². The number of rotatable bonds is 1. The van der Waals surface area contributed by atoms with Crippen molar-refractivity contribution in [2.75, 3.05) is 0 Å². The van der Waals surface area contributed by atoms with Crippen molar-refractivity contribution in [2.45, 2.75) is 18.7 Å². The topological polar surface area (TPSA) is 85.9 Å². The van der Waals surface area contributed by atoms with E-state index in [1.807, 2.05) is 18.2 Å². The molecule has 0 aromatic heterocycles. The Kier molecular flexibility index (Phi) is 7.00. The molecule has 0 bridgehead atoms. The number of benzene rings is 2. The van der Waals surface area contributed by atoms with Gasteiger partial charge in [0.1, 0.15) is 0 Å². The lowest BCUT2D eigenvalue weighted by Crippen LogP contribution is -1.99. The monoisotopic (exact) mass is 282 g/mol. The standard InChI is InChI=1S/C7H8O3S.C7H8.H2O/c1-6-4-2-3-5-7(6)11(8,9)10;1-7-5-3-2-4-6-7;/h2-5H,1H3,(H,8,9,10);2-6H,1H3;1H2. The second kappa shape index (κ2) is 7.68. The van der Waals surface area contributed by atoms with Crippen molar-refractivity contribution in [1.29, 1.82) is 0 Å². The molecule has 19 heavy (non-hydrogen) atoms. The predicted octanol–water partition coefficient (Wildman–Crippen LogP) is 2.41. The van der Waals surface area contributed by atoms with E-state index in [-0.39, 0.29) is 10.4 Å². The zero-order valence-electron chi connectivity index (χ0n) is 10.9. The van der Waals surface area contributed by atoms with Crippen LogP contribution in [-0.2, 0) is 10.1 Å². The summed E-state index contributed by atoms with van der Waals surface area (Å²) >= 11 is 0. The van der Waals surface area contributed by atoms with Gasteiger partial charge in [0.15, 0.2) is 0 Å². The van der Waals surface area contributed by atoms with E-state index in [0.29, 0.717) is 5.56 Å². The minimum atomic E-state index is -4.03. The zero-order chi connectivity index (χ0) is 13.6. The lowest BCUT2D eigenvalue weighted by Gasteiger charge is -1.99. The zero-order valence-corrected chi connectivity index (χ0v) is 11.7. The van der Waals surface area contributed by atoms with Gasteiger partial charge in [0.05, 0.1) is 4.90 Å². The number of hydrogen-bond acceptors (Lipinski definition) is 2. The van der Waals surface area contributed by atoms with Crippen molar-refractivity contribution < 1.29 is 18.4 Å². The summed E-state index contributed by atoms with van der Waals surface area (Å²) in [7, 11) is -4.03. The third-order valence-corrected chi connectivity index (χ3v) is 3.33. The number of aryl methyl sites for hydroxylation is 2. The van der Waals surface area contributed by atoms with Crippen molar-refractivity contribution in [1.82, 2.24) is 0 Å². The smallest absolute Gasteiger partial charge is 0.294 e. The van der Waals surface area contributed by atoms with Crippen LogP contribution in [0.2, 0.25) is 0 Å². The quantitative estimate of drug-likeness (QED) is 0.815. The molecule has 0 unspecified atom stereocenters. The normalized spacial score (nSPS) is 9.84. The van der Waals surface area contributed by atoms with Crippen molar-refractivity contribution in [2.24, 2.45) is 0 Å². The van der Waals surface area contributed by atoms with Crippen LogP contribution in [0.3, 0.4) is 0 Å². The molecule has 2 aromatic rings. The maximum Gasteiger partial charge on any atom is 0.294 e. The fourth-order valence-electron chi connectivity index (χ4n) is 1.38. The maximum absolute atomic E-state index is 10.6. The Hall–Kier alpha value is -1.69. The molecule has 0 aliphatic rings. The molecule has 0 atom stereocenters. The Morgan fingerprint density at radius 2 is 1.32 bits per heavy atom. The second-order valence-electron chi connectivity index (χ2n) is 3.90. The van der Waals surface area contributed by atoms with Crippen LogP contribution >= 0.6 is 0 Å². The average molecular weight is 282 g/mol. The van der Waals surface area contributed by atoms with Gasteiger partial charge in [0.2, 0.25) is 0 Å². The molecule has 3 N–H and O–H groups in total. The van der Waals surface area contributed by atoms with Crippen LogP contribution in [0.4, 0.5) is 0 Å². The highest BCUT2D eigenvalue weighted by molar-refractivity contribution is 7.85. The van der Waals surface area contributed by atoms with Gasteiger partial charge in [0.25, 0.3) is 10.1 Å². The summed E-state index contributed by atoms with van der Waals surface area (Å²) in [5.74, 6) is 0. The summed E-state index contributed by atoms with van der Waals surface area (Å²) in [6.45, 7) is 3.71. The summed E-state index contributed by atoms with van der Waals surface area (Å²) < 4.78 is 29.9. The Labute approximate surface area is 113 Å². The van der Waals surface area contributed by atoms with Crippen molar-refractivity contribution >= 4 is 10.1 Å². The molecule has 4 nitrogen and oxygen atoms in total. The lowest BCUT2D eigenvalue weighted by atomic mass is 10.2. The minimum Gasteiger partial charge on any atom is -0.412 e. The summed E-state index contributed by atoms with van der Waals surface area (Å²) in [5.41, 5.74) is 1.87. The first-order valence-corrected chi connectivity index (χ1v) is 6.90. The van der Waals surface area contributed by atoms with E-state index in [9.17, 15) is 8.42 Å². The van der Waals surface area contributed by atoms with Crippen LogP contribution < -0.4 is 0 Å². The first-order chi connectivity index (χ1) is 8.41. The van der Waals surface area contributed by atoms with E-state index in [0.717, 1.165) is 0 Å². The predicted molar refractivity (Wildman–Crippen MR) is 75.8 cm³/mol. The van der Waals surface area contributed by atoms with E-state index in [2.05, 4.69) is 19.1 Å². The van der Waals surface area contributed by atoms with Gasteiger partial charge in [-0.25, -0.2) is 0 Å². The average Bonchev–Trinajstić information content (AvgIpc) is 2.30. The number of hydrogen-bond donors (Lipinski definition) is 1. The molecule has 0 heterocycles.